The molecule has 2 aromatic heterocycles. The van der Waals surface area contributed by atoms with Crippen molar-refractivity contribution in [3.8, 4) is 11.1 Å². The molecule has 3 aromatic rings. The van der Waals surface area contributed by atoms with Crippen molar-refractivity contribution in [1.29, 1.82) is 0 Å². The molecule has 0 unspecified atom stereocenters. The van der Waals surface area contributed by atoms with E-state index >= 15 is 0 Å². The van der Waals surface area contributed by atoms with Crippen molar-refractivity contribution >= 4 is 16.7 Å². The topological polar surface area (TPSA) is 64.9 Å². The van der Waals surface area contributed by atoms with Crippen LogP contribution in [0.3, 0.4) is 0 Å². The average molecular weight is 297 g/mol. The molecule has 0 bridgehead atoms. The number of aromatic nitrogens is 2. The highest BCUT2D eigenvalue weighted by atomic mass is 16.5. The second kappa shape index (κ2) is 6.60. The smallest absolute Gasteiger partial charge is 0.132 e. The zero-order valence-electron chi connectivity index (χ0n) is 13.8. The maximum absolute atomic E-state index is 6.09. The molecule has 0 aliphatic carbocycles. The monoisotopic (exact) mass is 297 g/mol. The van der Waals surface area contributed by atoms with Crippen LogP contribution in [0.5, 0.6) is 0 Å². The van der Waals surface area contributed by atoms with E-state index in [4.69, 9.17) is 10.3 Å². The van der Waals surface area contributed by atoms with Crippen LogP contribution in [0.2, 0.25) is 0 Å². The minimum atomic E-state index is 0.474. The van der Waals surface area contributed by atoms with Crippen molar-refractivity contribution in [1.82, 2.24) is 10.1 Å². The van der Waals surface area contributed by atoms with Gasteiger partial charge >= 0.3 is 0 Å². The summed E-state index contributed by atoms with van der Waals surface area (Å²) in [6.45, 7) is 10.2. The Balaban J connectivity index is 0.000000847. The van der Waals surface area contributed by atoms with Crippen molar-refractivity contribution in [2.45, 2.75) is 40.5 Å². The summed E-state index contributed by atoms with van der Waals surface area (Å²) in [4.78, 5) is 4.52. The third kappa shape index (κ3) is 2.96. The summed E-state index contributed by atoms with van der Waals surface area (Å²) in [7, 11) is 0. The van der Waals surface area contributed by atoms with Crippen LogP contribution in [0.15, 0.2) is 35.1 Å². The van der Waals surface area contributed by atoms with E-state index in [0.717, 1.165) is 27.7 Å². The van der Waals surface area contributed by atoms with E-state index in [1.807, 2.05) is 26.8 Å². The summed E-state index contributed by atoms with van der Waals surface area (Å²) in [5.41, 5.74) is 10.9. The second-order valence-corrected chi connectivity index (χ2v) is 5.34. The van der Waals surface area contributed by atoms with Crippen LogP contribution in [-0.4, -0.2) is 10.1 Å². The van der Waals surface area contributed by atoms with E-state index in [2.05, 4.69) is 42.2 Å². The molecule has 0 aliphatic rings. The molecule has 0 atom stereocenters. The number of anilines is 1. The lowest BCUT2D eigenvalue weighted by atomic mass is 9.99. The van der Waals surface area contributed by atoms with Crippen LogP contribution >= 0.6 is 0 Å². The van der Waals surface area contributed by atoms with Gasteiger partial charge in [0.15, 0.2) is 0 Å². The van der Waals surface area contributed by atoms with Gasteiger partial charge in [0.2, 0.25) is 0 Å². The van der Waals surface area contributed by atoms with Gasteiger partial charge < -0.3 is 10.3 Å². The molecule has 0 aliphatic heterocycles. The van der Waals surface area contributed by atoms with Gasteiger partial charge in [-0.25, -0.2) is 4.98 Å². The van der Waals surface area contributed by atoms with Gasteiger partial charge in [0.25, 0.3) is 0 Å². The van der Waals surface area contributed by atoms with Crippen LogP contribution in [0, 0.1) is 6.92 Å². The molecule has 3 rings (SSSR count). The first-order chi connectivity index (χ1) is 10.6. The molecular weight excluding hydrogens is 274 g/mol. The van der Waals surface area contributed by atoms with E-state index in [1.165, 1.54) is 5.56 Å². The number of pyridine rings is 1. The molecule has 0 radical (unpaired) electrons. The first kappa shape index (κ1) is 16.0. The summed E-state index contributed by atoms with van der Waals surface area (Å²) in [5.74, 6) is 0.979. The molecule has 0 saturated heterocycles. The quantitative estimate of drug-likeness (QED) is 0.728. The lowest BCUT2D eigenvalue weighted by Gasteiger charge is -2.09. The fraction of sp³-hybridized carbons (Fsp3) is 0.333. The predicted molar refractivity (Wildman–Crippen MR) is 91.8 cm³/mol. The maximum atomic E-state index is 6.09. The van der Waals surface area contributed by atoms with Crippen molar-refractivity contribution in [2.24, 2.45) is 0 Å². The van der Waals surface area contributed by atoms with Crippen molar-refractivity contribution in [2.75, 3.05) is 5.73 Å². The van der Waals surface area contributed by atoms with Crippen LogP contribution in [-0.2, 0) is 0 Å². The summed E-state index contributed by atoms with van der Waals surface area (Å²) in [5, 5.41) is 4.96. The van der Waals surface area contributed by atoms with Gasteiger partial charge in [-0.2, -0.15) is 0 Å². The average Bonchev–Trinajstić information content (AvgIpc) is 2.94. The first-order valence-electron chi connectivity index (χ1n) is 7.68. The lowest BCUT2D eigenvalue weighted by molar-refractivity contribution is 0.415. The third-order valence-corrected chi connectivity index (χ3v) is 3.58. The molecular formula is C18H23N3O. The Hall–Kier alpha value is -2.36. The van der Waals surface area contributed by atoms with Gasteiger partial charge in [-0.3, -0.25) is 0 Å². The molecule has 116 valence electrons. The summed E-state index contributed by atoms with van der Waals surface area (Å²) in [6.07, 6.45) is 1.61. The fourth-order valence-electron chi connectivity index (χ4n) is 2.32. The maximum Gasteiger partial charge on any atom is 0.132 e. The Morgan fingerprint density at radius 1 is 1.09 bits per heavy atom. The lowest BCUT2D eigenvalue weighted by Crippen LogP contribution is -1.96. The molecule has 0 amide bonds. The second-order valence-electron chi connectivity index (χ2n) is 5.34. The van der Waals surface area contributed by atoms with E-state index in [-0.39, 0.29) is 0 Å². The van der Waals surface area contributed by atoms with Crippen molar-refractivity contribution in [3.63, 3.8) is 0 Å². The molecule has 2 N–H and O–H groups in total. The molecule has 0 fully saturated rings. The molecule has 2 heterocycles. The van der Waals surface area contributed by atoms with Gasteiger partial charge in [-0.15, -0.1) is 0 Å². The number of rotatable bonds is 2. The number of nitrogens with zero attached hydrogens (tertiary/aromatic N) is 2. The third-order valence-electron chi connectivity index (χ3n) is 3.58. The molecule has 0 spiro atoms. The largest absolute Gasteiger partial charge is 0.383 e. The Morgan fingerprint density at radius 2 is 1.82 bits per heavy atom. The van der Waals surface area contributed by atoms with Crippen LogP contribution in [0.1, 0.15) is 44.9 Å². The number of hydrogen-bond acceptors (Lipinski definition) is 4. The molecule has 4 heteroatoms. The number of fused-ring (bicyclic) bond motifs is 1. The summed E-state index contributed by atoms with van der Waals surface area (Å²) >= 11 is 0. The molecule has 1 aromatic carbocycles. The number of hydrogen-bond donors (Lipinski definition) is 1. The normalized spacial score (nSPS) is 10.6. The number of nitrogens with two attached hydrogens (primary N) is 1. The van der Waals surface area contributed by atoms with Crippen LogP contribution < -0.4 is 5.73 Å². The summed E-state index contributed by atoms with van der Waals surface area (Å²) < 4.78 is 4.98. The van der Waals surface area contributed by atoms with E-state index < -0.39 is 0 Å². The van der Waals surface area contributed by atoms with E-state index in [1.54, 1.807) is 6.26 Å². The zero-order valence-corrected chi connectivity index (χ0v) is 13.8. The minimum Gasteiger partial charge on any atom is -0.383 e. The van der Waals surface area contributed by atoms with Gasteiger partial charge in [0, 0.05) is 16.5 Å². The van der Waals surface area contributed by atoms with Crippen molar-refractivity contribution in [3.05, 3.63) is 41.8 Å². The summed E-state index contributed by atoms with van der Waals surface area (Å²) in [6, 6.07) is 8.36. The number of benzene rings is 1. The number of aryl methyl sites for hydroxylation is 1. The highest BCUT2D eigenvalue weighted by Crippen LogP contribution is 2.31. The molecule has 4 nitrogen and oxygen atoms in total. The Kier molecular flexibility index (Phi) is 4.81. The van der Waals surface area contributed by atoms with E-state index in [9.17, 15) is 0 Å². The Morgan fingerprint density at radius 3 is 2.41 bits per heavy atom. The molecule has 22 heavy (non-hydrogen) atoms. The fourth-order valence-corrected chi connectivity index (χ4v) is 2.32. The first-order valence-corrected chi connectivity index (χ1v) is 7.68. The Bertz CT molecular complexity index is 775. The van der Waals surface area contributed by atoms with Crippen LogP contribution in [0.25, 0.3) is 22.0 Å². The van der Waals surface area contributed by atoms with Gasteiger partial charge in [0.1, 0.15) is 12.1 Å². The van der Waals surface area contributed by atoms with Gasteiger partial charge in [0.05, 0.1) is 11.2 Å². The Labute approximate surface area is 131 Å². The predicted octanol–water partition coefficient (Wildman–Crippen LogP) is 4.93. The van der Waals surface area contributed by atoms with Gasteiger partial charge in [-0.05, 0) is 30.5 Å². The highest BCUT2D eigenvalue weighted by molar-refractivity contribution is 5.89. The van der Waals surface area contributed by atoms with E-state index in [0.29, 0.717) is 11.7 Å². The zero-order chi connectivity index (χ0) is 16.3. The SMILES string of the molecule is CC.Cc1nocc1-c1cc2ccc(C(C)C)cc2nc1N. The molecule has 0 saturated carbocycles. The minimum absolute atomic E-state index is 0.474. The van der Waals surface area contributed by atoms with Crippen LogP contribution in [0.4, 0.5) is 5.82 Å². The standard InChI is InChI=1S/C16H17N3O.C2H6/c1-9(2)11-4-5-12-6-13(14-8-20-19-10(14)3)16(17)18-15(12)7-11;1-2/h4-9H,1-3H3,(H2,17,18);1-2H3. The number of nitrogen functional groups attached to an aromatic ring is 1. The van der Waals surface area contributed by atoms with Crippen molar-refractivity contribution < 1.29 is 4.52 Å². The van der Waals surface area contributed by atoms with Gasteiger partial charge in [-0.1, -0.05) is 45.0 Å². The highest BCUT2D eigenvalue weighted by Gasteiger charge is 2.12.